The fourth-order valence-electron chi connectivity index (χ4n) is 4.15. The van der Waals surface area contributed by atoms with Gasteiger partial charge in [-0.1, -0.05) is 61.8 Å². The Kier molecular flexibility index (Phi) is 6.88. The van der Waals surface area contributed by atoms with Crippen molar-refractivity contribution in [3.63, 3.8) is 0 Å². The fourth-order valence-corrected chi connectivity index (χ4v) is 9.57. The molecule has 4 nitrogen and oxygen atoms in total. The van der Waals surface area contributed by atoms with E-state index in [9.17, 15) is 13.5 Å². The third-order valence-electron chi connectivity index (χ3n) is 6.36. The van der Waals surface area contributed by atoms with E-state index in [0.29, 0.717) is 24.4 Å². The minimum atomic E-state index is -3.54. The van der Waals surface area contributed by atoms with Gasteiger partial charge in [0.1, 0.15) is 0 Å². The molecular weight excluding hydrogens is 362 g/mol. The van der Waals surface area contributed by atoms with Crippen LogP contribution >= 0.6 is 0 Å². The van der Waals surface area contributed by atoms with Gasteiger partial charge in [0.25, 0.3) is 0 Å². The molecule has 0 spiro atoms. The summed E-state index contributed by atoms with van der Waals surface area (Å²) >= 11 is 0. The summed E-state index contributed by atoms with van der Waals surface area (Å²) in [6.45, 7) is 13.7. The van der Waals surface area contributed by atoms with Crippen LogP contribution in [0.5, 0.6) is 0 Å². The summed E-state index contributed by atoms with van der Waals surface area (Å²) in [5.41, 5.74) is 1.04. The van der Waals surface area contributed by atoms with Crippen molar-refractivity contribution >= 4 is 18.1 Å². The molecule has 1 saturated heterocycles. The molecule has 0 radical (unpaired) electrons. The van der Waals surface area contributed by atoms with Crippen molar-refractivity contribution in [2.45, 2.75) is 63.2 Å². The number of nitrogens with zero attached hydrogens (tertiary/aromatic N) is 1. The smallest absolute Gasteiger partial charge is 0.243 e. The van der Waals surface area contributed by atoms with Crippen molar-refractivity contribution in [2.75, 3.05) is 13.1 Å². The zero-order chi connectivity index (χ0) is 19.5. The first-order valence-corrected chi connectivity index (χ1v) is 13.7. The van der Waals surface area contributed by atoms with Crippen LogP contribution in [0.15, 0.2) is 40.9 Å². The van der Waals surface area contributed by atoms with Gasteiger partial charge in [-0.25, -0.2) is 8.42 Å². The average molecular weight is 396 g/mol. The van der Waals surface area contributed by atoms with Crippen molar-refractivity contribution in [3.8, 4) is 0 Å². The van der Waals surface area contributed by atoms with Crippen molar-refractivity contribution in [1.82, 2.24) is 4.31 Å². The highest BCUT2D eigenvalue weighted by Gasteiger charge is 2.42. The van der Waals surface area contributed by atoms with Crippen molar-refractivity contribution in [2.24, 2.45) is 5.92 Å². The van der Waals surface area contributed by atoms with Crippen molar-refractivity contribution in [1.29, 1.82) is 0 Å². The third-order valence-corrected chi connectivity index (χ3v) is 14.0. The van der Waals surface area contributed by atoms with Crippen LogP contribution in [-0.2, 0) is 10.0 Å². The van der Waals surface area contributed by atoms with E-state index < -0.39 is 24.2 Å². The molecule has 26 heavy (non-hydrogen) atoms. The fraction of sp³-hybridized carbons (Fsp3) is 0.600. The van der Waals surface area contributed by atoms with Gasteiger partial charge >= 0.3 is 0 Å². The largest absolute Gasteiger partial charge is 0.392 e. The van der Waals surface area contributed by atoms with E-state index in [4.69, 9.17) is 0 Å². The Morgan fingerprint density at radius 2 is 1.73 bits per heavy atom. The molecule has 1 fully saturated rings. The zero-order valence-corrected chi connectivity index (χ0v) is 18.3. The molecule has 2 rings (SSSR count). The van der Waals surface area contributed by atoms with Crippen LogP contribution in [0, 0.1) is 12.8 Å². The number of rotatable bonds is 7. The molecule has 6 heteroatoms. The summed E-state index contributed by atoms with van der Waals surface area (Å²) in [5, 5.41) is 11.8. The summed E-state index contributed by atoms with van der Waals surface area (Å²) < 4.78 is 27.7. The van der Waals surface area contributed by atoms with Gasteiger partial charge in [0.15, 0.2) is 0 Å². The SMILES string of the molecule is C=C(C1CN(S(=O)(=O)c2ccc(C)cc2)CCC1O)[Si](CC)(CC)CC. The van der Waals surface area contributed by atoms with Crippen LogP contribution < -0.4 is 0 Å². The maximum absolute atomic E-state index is 13.1. The van der Waals surface area contributed by atoms with Crippen molar-refractivity contribution < 1.29 is 13.5 Å². The molecule has 0 saturated carbocycles. The minimum Gasteiger partial charge on any atom is -0.392 e. The predicted molar refractivity (Wildman–Crippen MR) is 110 cm³/mol. The Bertz CT molecular complexity index is 718. The van der Waals surface area contributed by atoms with Gasteiger partial charge in [-0.05, 0) is 25.5 Å². The van der Waals surface area contributed by atoms with E-state index in [1.165, 1.54) is 0 Å². The lowest BCUT2D eigenvalue weighted by Gasteiger charge is -2.42. The van der Waals surface area contributed by atoms with E-state index in [1.54, 1.807) is 16.4 Å². The highest BCUT2D eigenvalue weighted by atomic mass is 32.2. The Hall–Kier alpha value is -0.953. The topological polar surface area (TPSA) is 57.6 Å². The van der Waals surface area contributed by atoms with E-state index in [2.05, 4.69) is 27.4 Å². The number of hydrogen-bond donors (Lipinski definition) is 1. The first kappa shape index (κ1) is 21.3. The molecule has 0 amide bonds. The molecule has 1 N–H and O–H groups in total. The molecule has 0 bridgehead atoms. The third kappa shape index (κ3) is 3.98. The number of aliphatic hydroxyl groups is 1. The predicted octanol–water partition coefficient (Wildman–Crippen LogP) is 3.97. The average Bonchev–Trinajstić information content (AvgIpc) is 2.64. The lowest BCUT2D eigenvalue weighted by molar-refractivity contribution is 0.0734. The van der Waals surface area contributed by atoms with Crippen LogP contribution in [0.25, 0.3) is 0 Å². The van der Waals surface area contributed by atoms with Crippen LogP contribution in [0.3, 0.4) is 0 Å². The first-order chi connectivity index (χ1) is 12.2. The maximum atomic E-state index is 13.1. The molecule has 1 aromatic carbocycles. The van der Waals surface area contributed by atoms with E-state index in [-0.39, 0.29) is 5.92 Å². The lowest BCUT2D eigenvalue weighted by atomic mass is 9.96. The van der Waals surface area contributed by atoms with Gasteiger partial charge in [0, 0.05) is 19.0 Å². The number of sulfonamides is 1. The summed E-state index contributed by atoms with van der Waals surface area (Å²) in [5.74, 6) is -0.157. The number of benzene rings is 1. The summed E-state index contributed by atoms with van der Waals surface area (Å²) in [7, 11) is -5.24. The van der Waals surface area contributed by atoms with Crippen LogP contribution in [-0.4, -0.2) is 45.1 Å². The maximum Gasteiger partial charge on any atom is 0.243 e. The molecule has 1 aliphatic heterocycles. The highest BCUT2D eigenvalue weighted by molar-refractivity contribution is 7.89. The number of aryl methyl sites for hydroxylation is 1. The zero-order valence-electron chi connectivity index (χ0n) is 16.5. The monoisotopic (exact) mass is 395 g/mol. The van der Waals surface area contributed by atoms with Gasteiger partial charge in [-0.2, -0.15) is 4.31 Å². The summed E-state index contributed by atoms with van der Waals surface area (Å²) in [6.07, 6.45) is -0.0281. The molecule has 146 valence electrons. The first-order valence-electron chi connectivity index (χ1n) is 9.66. The van der Waals surface area contributed by atoms with E-state index in [1.807, 2.05) is 19.1 Å². The standard InChI is InChI=1S/C20H33NO3SSi/c1-6-26(7-2,8-3)17(5)19-15-21(14-13-20(19)22)25(23,24)18-11-9-16(4)10-12-18/h9-12,19-20,22H,5-8,13-15H2,1-4H3. The van der Waals surface area contributed by atoms with E-state index >= 15 is 0 Å². The van der Waals surface area contributed by atoms with Gasteiger partial charge in [0.05, 0.1) is 19.1 Å². The van der Waals surface area contributed by atoms with Crippen LogP contribution in [0.2, 0.25) is 18.1 Å². The Morgan fingerprint density at radius 1 is 1.19 bits per heavy atom. The normalized spacial score (nSPS) is 22.3. The lowest BCUT2D eigenvalue weighted by Crippen LogP contribution is -2.50. The molecule has 2 unspecified atom stereocenters. The Balaban J connectivity index is 2.29. The number of hydrogen-bond acceptors (Lipinski definition) is 3. The summed E-state index contributed by atoms with van der Waals surface area (Å²) in [6, 6.07) is 10.3. The molecule has 0 aromatic heterocycles. The second-order valence-electron chi connectivity index (χ2n) is 7.50. The molecule has 1 aromatic rings. The molecular formula is C20H33NO3SSi. The van der Waals surface area contributed by atoms with E-state index in [0.717, 1.165) is 28.9 Å². The second kappa shape index (κ2) is 8.38. The second-order valence-corrected chi connectivity index (χ2v) is 14.8. The highest BCUT2D eigenvalue weighted by Crippen LogP contribution is 2.37. The van der Waals surface area contributed by atoms with Gasteiger partial charge < -0.3 is 5.11 Å². The molecule has 2 atom stereocenters. The van der Waals surface area contributed by atoms with Crippen LogP contribution in [0.1, 0.15) is 32.8 Å². The number of aliphatic hydroxyl groups excluding tert-OH is 1. The summed E-state index contributed by atoms with van der Waals surface area (Å²) in [4.78, 5) is 0.328. The minimum absolute atomic E-state index is 0.157. The van der Waals surface area contributed by atoms with Gasteiger partial charge in [-0.3, -0.25) is 0 Å². The molecule has 1 aliphatic rings. The Morgan fingerprint density at radius 3 is 2.23 bits per heavy atom. The number of piperidine rings is 1. The van der Waals surface area contributed by atoms with Gasteiger partial charge in [-0.15, -0.1) is 6.58 Å². The quantitative estimate of drug-likeness (QED) is 0.711. The Labute approximate surface area is 160 Å². The van der Waals surface area contributed by atoms with Crippen LogP contribution in [0.4, 0.5) is 0 Å². The van der Waals surface area contributed by atoms with Gasteiger partial charge in [0.2, 0.25) is 10.0 Å². The molecule has 0 aliphatic carbocycles. The van der Waals surface area contributed by atoms with Crippen molar-refractivity contribution in [3.05, 3.63) is 41.6 Å². The molecule has 1 heterocycles.